The van der Waals surface area contributed by atoms with Gasteiger partial charge < -0.3 is 10.2 Å². The first-order valence-corrected chi connectivity index (χ1v) is 7.45. The average molecular weight is 387 g/mol. The van der Waals surface area contributed by atoms with Gasteiger partial charge in [-0.3, -0.25) is 0 Å². The summed E-state index contributed by atoms with van der Waals surface area (Å²) in [4.78, 5) is 20.7. The second-order valence-corrected chi connectivity index (χ2v) is 5.07. The predicted molar refractivity (Wildman–Crippen MR) is 84.1 cm³/mol. The van der Waals surface area contributed by atoms with Gasteiger partial charge in [0.15, 0.2) is 0 Å². The maximum absolute atomic E-state index is 12.9. The number of halogens is 3. The van der Waals surface area contributed by atoms with Gasteiger partial charge in [0.2, 0.25) is 0 Å². The Bertz CT molecular complexity index is 732. The van der Waals surface area contributed by atoms with Crippen LogP contribution >= 0.6 is 15.9 Å². The summed E-state index contributed by atoms with van der Waals surface area (Å²) < 4.78 is 25.6. The van der Waals surface area contributed by atoms with E-state index in [0.29, 0.717) is 16.5 Å². The zero-order chi connectivity index (χ0) is 17.6. The number of hydrogen-bond acceptors (Lipinski definition) is 2. The van der Waals surface area contributed by atoms with Gasteiger partial charge in [-0.25, -0.2) is 18.4 Å². The molecule has 23 heavy (non-hydrogen) atoms. The van der Waals surface area contributed by atoms with Gasteiger partial charge in [-0.15, -0.1) is 0 Å². The number of carboxylic acid groups (broad SMARTS) is 2. The molecule has 0 aromatic heterocycles. The van der Waals surface area contributed by atoms with Crippen molar-refractivity contribution >= 4 is 27.9 Å². The predicted octanol–water partition coefficient (Wildman–Crippen LogP) is 4.25. The molecule has 0 radical (unpaired) electrons. The van der Waals surface area contributed by atoms with E-state index >= 15 is 0 Å². The molecule has 0 aliphatic heterocycles. The highest BCUT2D eigenvalue weighted by molar-refractivity contribution is 9.08. The van der Waals surface area contributed by atoms with Gasteiger partial charge in [0.1, 0.15) is 11.6 Å². The van der Waals surface area contributed by atoms with Crippen molar-refractivity contribution in [1.82, 2.24) is 0 Å². The van der Waals surface area contributed by atoms with E-state index in [-0.39, 0.29) is 11.1 Å². The van der Waals surface area contributed by atoms with E-state index in [1.54, 1.807) is 6.92 Å². The molecule has 2 aromatic carbocycles. The van der Waals surface area contributed by atoms with Crippen molar-refractivity contribution in [3.63, 3.8) is 0 Å². The van der Waals surface area contributed by atoms with Gasteiger partial charge in [0.25, 0.3) is 0 Å². The Morgan fingerprint density at radius 3 is 1.83 bits per heavy atom. The third-order valence-electron chi connectivity index (χ3n) is 2.86. The van der Waals surface area contributed by atoms with Crippen LogP contribution in [-0.4, -0.2) is 22.2 Å². The van der Waals surface area contributed by atoms with Crippen molar-refractivity contribution in [3.8, 4) is 0 Å². The highest BCUT2D eigenvalue weighted by Gasteiger charge is 2.06. The summed E-state index contributed by atoms with van der Waals surface area (Å²) >= 11 is 3.08. The standard InChI is InChI=1S/C8H6BrFO2.C8H7FO2/c9-4-6-2-1-5(8(11)12)3-7(6)10;1-5-2-3-6(8(10)11)4-7(5)9/h1-3H,4H2,(H,11,12);2-4H,1H3,(H,10,11). The van der Waals surface area contributed by atoms with Crippen LogP contribution in [0.1, 0.15) is 31.8 Å². The molecule has 0 aliphatic rings. The number of aromatic carboxylic acids is 2. The lowest BCUT2D eigenvalue weighted by atomic mass is 10.1. The number of benzene rings is 2. The van der Waals surface area contributed by atoms with E-state index < -0.39 is 23.6 Å². The summed E-state index contributed by atoms with van der Waals surface area (Å²) in [5.74, 6) is -3.20. The first kappa shape index (κ1) is 18.8. The second kappa shape index (κ2) is 8.38. The molecular formula is C16H13BrF2O4. The summed E-state index contributed by atoms with van der Waals surface area (Å²) in [5.41, 5.74) is 0.861. The molecule has 0 bridgehead atoms. The lowest BCUT2D eigenvalue weighted by Gasteiger charge is -1.99. The molecule has 122 valence electrons. The summed E-state index contributed by atoms with van der Waals surface area (Å²) in [6.45, 7) is 1.58. The molecule has 0 aliphatic carbocycles. The van der Waals surface area contributed by atoms with Crippen LogP contribution in [0.4, 0.5) is 8.78 Å². The van der Waals surface area contributed by atoms with Crippen LogP contribution in [-0.2, 0) is 5.33 Å². The monoisotopic (exact) mass is 386 g/mol. The van der Waals surface area contributed by atoms with Gasteiger partial charge in [-0.1, -0.05) is 28.1 Å². The molecule has 0 saturated carbocycles. The minimum Gasteiger partial charge on any atom is -0.478 e. The van der Waals surface area contributed by atoms with Crippen LogP contribution in [0.3, 0.4) is 0 Å². The van der Waals surface area contributed by atoms with Crippen molar-refractivity contribution in [2.45, 2.75) is 12.3 Å². The second-order valence-electron chi connectivity index (χ2n) is 4.51. The SMILES string of the molecule is Cc1ccc(C(=O)O)cc1F.O=C(O)c1ccc(CBr)c(F)c1. The average Bonchev–Trinajstić information content (AvgIpc) is 2.50. The molecule has 0 fully saturated rings. The third kappa shape index (κ3) is 5.45. The molecule has 2 N–H and O–H groups in total. The molecule has 0 amide bonds. The van der Waals surface area contributed by atoms with Gasteiger partial charge in [0, 0.05) is 5.33 Å². The normalized spacial score (nSPS) is 9.74. The zero-order valence-corrected chi connectivity index (χ0v) is 13.6. The lowest BCUT2D eigenvalue weighted by Crippen LogP contribution is -1.98. The van der Waals surface area contributed by atoms with Gasteiger partial charge in [-0.2, -0.15) is 0 Å². The number of carbonyl (C=O) groups is 2. The summed E-state index contributed by atoms with van der Waals surface area (Å²) in [6, 6.07) is 7.67. The molecule has 0 atom stereocenters. The first-order chi connectivity index (χ1) is 10.8. The largest absolute Gasteiger partial charge is 0.478 e. The van der Waals surface area contributed by atoms with E-state index in [1.165, 1.54) is 24.3 Å². The molecule has 0 heterocycles. The van der Waals surface area contributed by atoms with Crippen LogP contribution in [0.2, 0.25) is 0 Å². The Labute approximate surface area is 139 Å². The van der Waals surface area contributed by atoms with Crippen LogP contribution in [0, 0.1) is 18.6 Å². The van der Waals surface area contributed by atoms with E-state index in [0.717, 1.165) is 12.1 Å². The zero-order valence-electron chi connectivity index (χ0n) is 12.0. The fraction of sp³-hybridized carbons (Fsp3) is 0.125. The maximum Gasteiger partial charge on any atom is 0.335 e. The lowest BCUT2D eigenvalue weighted by molar-refractivity contribution is 0.0685. The molecule has 7 heteroatoms. The van der Waals surface area contributed by atoms with Crippen molar-refractivity contribution in [2.75, 3.05) is 0 Å². The van der Waals surface area contributed by atoms with Crippen molar-refractivity contribution in [2.24, 2.45) is 0 Å². The fourth-order valence-corrected chi connectivity index (χ4v) is 1.97. The minimum absolute atomic E-state index is 0.0203. The summed E-state index contributed by atoms with van der Waals surface area (Å²) in [5, 5.41) is 17.3. The minimum atomic E-state index is -1.12. The number of rotatable bonds is 3. The number of hydrogen-bond donors (Lipinski definition) is 2. The third-order valence-corrected chi connectivity index (χ3v) is 3.47. The smallest absolute Gasteiger partial charge is 0.335 e. The van der Waals surface area contributed by atoms with E-state index in [9.17, 15) is 18.4 Å². The fourth-order valence-electron chi connectivity index (χ4n) is 1.51. The Hall–Kier alpha value is -2.28. The van der Waals surface area contributed by atoms with Crippen LogP contribution in [0.25, 0.3) is 0 Å². The Morgan fingerprint density at radius 1 is 0.957 bits per heavy atom. The van der Waals surface area contributed by atoms with Crippen LogP contribution in [0.15, 0.2) is 36.4 Å². The molecule has 2 aromatic rings. The molecular weight excluding hydrogens is 374 g/mol. The van der Waals surface area contributed by atoms with E-state index in [4.69, 9.17) is 10.2 Å². The van der Waals surface area contributed by atoms with Crippen LogP contribution in [0.5, 0.6) is 0 Å². The van der Waals surface area contributed by atoms with Gasteiger partial charge in [-0.05, 0) is 42.3 Å². The van der Waals surface area contributed by atoms with Crippen molar-refractivity contribution < 1.29 is 28.6 Å². The number of carboxylic acids is 2. The first-order valence-electron chi connectivity index (χ1n) is 6.33. The Morgan fingerprint density at radius 2 is 1.43 bits per heavy atom. The Kier molecular flexibility index (Phi) is 6.84. The number of aryl methyl sites for hydroxylation is 1. The summed E-state index contributed by atoms with van der Waals surface area (Å²) in [7, 11) is 0. The number of alkyl halides is 1. The molecule has 2 rings (SSSR count). The van der Waals surface area contributed by atoms with E-state index in [2.05, 4.69) is 15.9 Å². The Balaban J connectivity index is 0.000000231. The van der Waals surface area contributed by atoms with Gasteiger partial charge >= 0.3 is 11.9 Å². The van der Waals surface area contributed by atoms with E-state index in [1.807, 2.05) is 0 Å². The van der Waals surface area contributed by atoms with Gasteiger partial charge in [0.05, 0.1) is 11.1 Å². The quantitative estimate of drug-likeness (QED) is 0.773. The molecule has 0 unspecified atom stereocenters. The molecule has 0 saturated heterocycles. The van der Waals surface area contributed by atoms with Crippen LogP contribution < -0.4 is 0 Å². The van der Waals surface area contributed by atoms with Crippen molar-refractivity contribution in [3.05, 3.63) is 70.3 Å². The highest BCUT2D eigenvalue weighted by atomic mass is 79.9. The summed E-state index contributed by atoms with van der Waals surface area (Å²) in [6.07, 6.45) is 0. The maximum atomic E-state index is 12.9. The van der Waals surface area contributed by atoms with Crippen molar-refractivity contribution in [1.29, 1.82) is 0 Å². The molecule has 4 nitrogen and oxygen atoms in total. The highest BCUT2D eigenvalue weighted by Crippen LogP contribution is 2.13. The molecule has 0 spiro atoms. The topological polar surface area (TPSA) is 74.6 Å².